The van der Waals surface area contributed by atoms with Crippen molar-refractivity contribution in [3.63, 3.8) is 0 Å². The number of carbonyl (C=O) groups is 2. The van der Waals surface area contributed by atoms with Crippen LogP contribution in [0, 0.1) is 0 Å². The molecular formula is C20H22O4S2. The van der Waals surface area contributed by atoms with Gasteiger partial charge in [0.25, 0.3) is 0 Å². The quantitative estimate of drug-likeness (QED) is 0.383. The predicted octanol–water partition coefficient (Wildman–Crippen LogP) is 4.20. The maximum absolute atomic E-state index is 12.1. The topological polar surface area (TPSA) is 52.6 Å². The van der Waals surface area contributed by atoms with Gasteiger partial charge >= 0.3 is 11.9 Å². The van der Waals surface area contributed by atoms with Gasteiger partial charge in [-0.3, -0.25) is 4.79 Å². The highest BCUT2D eigenvalue weighted by molar-refractivity contribution is 8.01. The second-order valence-electron chi connectivity index (χ2n) is 5.88. The maximum Gasteiger partial charge on any atom is 0.332 e. The van der Waals surface area contributed by atoms with E-state index in [2.05, 4.69) is 25.3 Å². The Kier molecular flexibility index (Phi) is 8.06. The van der Waals surface area contributed by atoms with Gasteiger partial charge in [0.1, 0.15) is 13.2 Å². The van der Waals surface area contributed by atoms with Crippen LogP contribution in [0.1, 0.15) is 30.4 Å². The Labute approximate surface area is 164 Å². The van der Waals surface area contributed by atoms with Crippen molar-refractivity contribution >= 4 is 37.2 Å². The zero-order chi connectivity index (χ0) is 18.8. The van der Waals surface area contributed by atoms with Crippen LogP contribution in [-0.4, -0.2) is 16.0 Å². The first-order valence-corrected chi connectivity index (χ1v) is 9.22. The van der Waals surface area contributed by atoms with Crippen molar-refractivity contribution < 1.29 is 19.1 Å². The van der Waals surface area contributed by atoms with Gasteiger partial charge in [0, 0.05) is 6.42 Å². The molecule has 0 unspecified atom stereocenters. The molecule has 138 valence electrons. The average molecular weight is 391 g/mol. The number of ether oxygens (including phenoxy) is 2. The van der Waals surface area contributed by atoms with Crippen LogP contribution in [0.3, 0.4) is 0 Å². The number of benzene rings is 2. The highest BCUT2D eigenvalue weighted by Crippen LogP contribution is 2.28. The largest absolute Gasteiger partial charge is 0.461 e. The fourth-order valence-corrected chi connectivity index (χ4v) is 2.68. The molecular weight excluding hydrogens is 368 g/mol. The molecule has 0 aromatic heterocycles. The monoisotopic (exact) mass is 390 g/mol. The summed E-state index contributed by atoms with van der Waals surface area (Å²) < 4.78 is 9.21. The lowest BCUT2D eigenvalue weighted by Crippen LogP contribution is -2.28. The van der Waals surface area contributed by atoms with E-state index in [-0.39, 0.29) is 25.6 Å². The van der Waals surface area contributed by atoms with E-state index in [0.29, 0.717) is 12.8 Å². The van der Waals surface area contributed by atoms with E-state index in [1.165, 1.54) is 0 Å². The fraction of sp³-hybridized carbons (Fsp3) is 0.300. The molecule has 4 nitrogen and oxygen atoms in total. The summed E-state index contributed by atoms with van der Waals surface area (Å²) in [6.07, 6.45) is 0.927. The second kappa shape index (κ2) is 10.3. The first-order chi connectivity index (χ1) is 12.5. The molecule has 2 aromatic rings. The molecule has 0 bridgehead atoms. The zero-order valence-corrected chi connectivity index (χ0v) is 16.1. The van der Waals surface area contributed by atoms with Crippen LogP contribution in [0.2, 0.25) is 0 Å². The fourth-order valence-electron chi connectivity index (χ4n) is 2.23. The molecule has 2 aromatic carbocycles. The van der Waals surface area contributed by atoms with Gasteiger partial charge in [-0.15, -0.1) is 0 Å². The van der Waals surface area contributed by atoms with Crippen molar-refractivity contribution in [3.05, 3.63) is 71.8 Å². The van der Waals surface area contributed by atoms with Crippen molar-refractivity contribution in [1.82, 2.24) is 0 Å². The smallest absolute Gasteiger partial charge is 0.332 e. The Morgan fingerprint density at radius 3 is 1.85 bits per heavy atom. The zero-order valence-electron chi connectivity index (χ0n) is 14.3. The summed E-state index contributed by atoms with van der Waals surface area (Å²) in [5.41, 5.74) is 1.82. The van der Waals surface area contributed by atoms with Crippen molar-refractivity contribution in [2.24, 2.45) is 0 Å². The summed E-state index contributed by atoms with van der Waals surface area (Å²) in [5.74, 6) is -0.838. The molecule has 0 N–H and O–H groups in total. The van der Waals surface area contributed by atoms with Gasteiger partial charge in [-0.05, 0) is 24.0 Å². The lowest BCUT2D eigenvalue weighted by Gasteiger charge is -2.20. The van der Waals surface area contributed by atoms with Crippen LogP contribution in [0.15, 0.2) is 60.7 Å². The van der Waals surface area contributed by atoms with Crippen LogP contribution in [0.25, 0.3) is 0 Å². The molecule has 0 saturated heterocycles. The van der Waals surface area contributed by atoms with Gasteiger partial charge in [-0.1, -0.05) is 60.7 Å². The molecule has 6 heteroatoms. The third-order valence-corrected chi connectivity index (χ3v) is 4.50. The lowest BCUT2D eigenvalue weighted by atomic mass is 10.2. The minimum atomic E-state index is -1.24. The van der Waals surface area contributed by atoms with Crippen LogP contribution in [0.4, 0.5) is 0 Å². The highest BCUT2D eigenvalue weighted by Gasteiger charge is 2.31. The number of esters is 2. The third-order valence-electron chi connectivity index (χ3n) is 3.69. The summed E-state index contributed by atoms with van der Waals surface area (Å²) in [6, 6.07) is 18.8. The van der Waals surface area contributed by atoms with E-state index >= 15 is 0 Å². The summed E-state index contributed by atoms with van der Waals surface area (Å²) in [7, 11) is 0. The highest BCUT2D eigenvalue weighted by atomic mass is 32.2. The van der Waals surface area contributed by atoms with Gasteiger partial charge in [0.2, 0.25) is 0 Å². The number of hydrogen-bond donors (Lipinski definition) is 2. The molecule has 0 spiro atoms. The first kappa shape index (κ1) is 20.4. The molecule has 0 aliphatic heterocycles. The van der Waals surface area contributed by atoms with E-state index in [0.717, 1.165) is 11.1 Å². The maximum atomic E-state index is 12.1. The van der Waals surface area contributed by atoms with Gasteiger partial charge in [-0.25, -0.2) is 4.79 Å². The summed E-state index contributed by atoms with van der Waals surface area (Å²) in [4.78, 5) is 23.9. The van der Waals surface area contributed by atoms with Gasteiger partial charge in [-0.2, -0.15) is 25.3 Å². The Morgan fingerprint density at radius 1 is 0.808 bits per heavy atom. The number of rotatable bonds is 9. The van der Waals surface area contributed by atoms with E-state index in [4.69, 9.17) is 9.47 Å². The molecule has 0 radical (unpaired) electrons. The molecule has 2 rings (SSSR count). The summed E-state index contributed by atoms with van der Waals surface area (Å²) in [5, 5.41) is 0. The Balaban J connectivity index is 1.67. The van der Waals surface area contributed by atoms with E-state index in [1.807, 2.05) is 60.7 Å². The summed E-state index contributed by atoms with van der Waals surface area (Å²) in [6.45, 7) is 0.410. The minimum absolute atomic E-state index is 0.168. The van der Waals surface area contributed by atoms with Crippen molar-refractivity contribution in [3.8, 4) is 0 Å². The molecule has 0 atom stereocenters. The van der Waals surface area contributed by atoms with Gasteiger partial charge in [0.05, 0.1) is 0 Å². The lowest BCUT2D eigenvalue weighted by molar-refractivity contribution is -0.147. The van der Waals surface area contributed by atoms with Crippen molar-refractivity contribution in [1.29, 1.82) is 0 Å². The second-order valence-corrected chi connectivity index (χ2v) is 7.76. The number of carbonyl (C=O) groups excluding carboxylic acids is 2. The van der Waals surface area contributed by atoms with Crippen molar-refractivity contribution in [2.75, 3.05) is 0 Å². The van der Waals surface area contributed by atoms with Crippen LogP contribution < -0.4 is 0 Å². The van der Waals surface area contributed by atoms with E-state index < -0.39 is 10.0 Å². The Morgan fingerprint density at radius 2 is 1.31 bits per heavy atom. The van der Waals surface area contributed by atoms with Crippen LogP contribution >= 0.6 is 25.3 Å². The molecule has 0 aliphatic rings. The Hall–Kier alpha value is -1.92. The molecule has 26 heavy (non-hydrogen) atoms. The molecule has 0 fully saturated rings. The van der Waals surface area contributed by atoms with Crippen LogP contribution in [0.5, 0.6) is 0 Å². The molecule has 0 saturated carbocycles. The standard InChI is InChI=1S/C20H22O4S2/c21-18(23-14-16-8-3-1-4-9-16)12-7-13-20(25,26)19(22)24-15-17-10-5-2-6-11-17/h1-6,8-11,25-26H,7,12-15H2. The predicted molar refractivity (Wildman–Crippen MR) is 107 cm³/mol. The molecule has 0 amide bonds. The van der Waals surface area contributed by atoms with E-state index in [9.17, 15) is 9.59 Å². The minimum Gasteiger partial charge on any atom is -0.461 e. The SMILES string of the molecule is O=C(CCCC(S)(S)C(=O)OCc1ccccc1)OCc1ccccc1. The summed E-state index contributed by atoms with van der Waals surface area (Å²) >= 11 is 8.55. The molecule has 0 heterocycles. The first-order valence-electron chi connectivity index (χ1n) is 8.33. The normalized spacial score (nSPS) is 11.0. The van der Waals surface area contributed by atoms with E-state index in [1.54, 1.807) is 0 Å². The Bertz CT molecular complexity index is 702. The average Bonchev–Trinajstić information content (AvgIpc) is 2.66. The van der Waals surface area contributed by atoms with Crippen molar-refractivity contribution in [2.45, 2.75) is 36.6 Å². The number of thiol groups is 2. The third kappa shape index (κ3) is 7.14. The van der Waals surface area contributed by atoms with Gasteiger partial charge in [0.15, 0.2) is 4.08 Å². The number of hydrogen-bond acceptors (Lipinski definition) is 6. The van der Waals surface area contributed by atoms with Crippen LogP contribution in [-0.2, 0) is 32.3 Å². The van der Waals surface area contributed by atoms with Gasteiger partial charge < -0.3 is 9.47 Å². The molecule has 0 aliphatic carbocycles.